The Labute approximate surface area is 92.9 Å². The highest BCUT2D eigenvalue weighted by Gasteiger charge is 2.12. The fraction of sp³-hybridized carbons (Fsp3) is 0.364. The van der Waals surface area contributed by atoms with E-state index in [1.54, 1.807) is 6.92 Å². The molecule has 0 aliphatic rings. The first-order valence-electron chi connectivity index (χ1n) is 5.00. The van der Waals surface area contributed by atoms with Gasteiger partial charge in [-0.1, -0.05) is 6.92 Å². The number of Topliss-reactive ketones (excluding diaryl/α,β-unsaturated/α-hetero) is 1. The van der Waals surface area contributed by atoms with Gasteiger partial charge in [-0.05, 0) is 18.6 Å². The summed E-state index contributed by atoms with van der Waals surface area (Å²) in [7, 11) is 0. The summed E-state index contributed by atoms with van der Waals surface area (Å²) in [6.45, 7) is 1.79. The Morgan fingerprint density at radius 1 is 1.44 bits per heavy atom. The number of nitrogens with zero attached hydrogens (tertiary/aromatic N) is 1. The zero-order chi connectivity index (χ0) is 12.1. The molecule has 1 aromatic rings. The molecule has 0 heterocycles. The van der Waals surface area contributed by atoms with Gasteiger partial charge in [-0.3, -0.25) is 14.9 Å². The Hall–Kier alpha value is -1.75. The Kier molecular flexibility index (Phi) is 4.13. The lowest BCUT2D eigenvalue weighted by Gasteiger charge is -2.05. The van der Waals surface area contributed by atoms with E-state index in [9.17, 15) is 20.0 Å². The van der Waals surface area contributed by atoms with E-state index in [2.05, 4.69) is 0 Å². The van der Waals surface area contributed by atoms with Crippen molar-refractivity contribution in [2.24, 2.45) is 0 Å². The molecule has 0 amide bonds. The molecule has 0 spiro atoms. The van der Waals surface area contributed by atoms with Gasteiger partial charge in [0.25, 0.3) is 5.69 Å². The van der Waals surface area contributed by atoms with E-state index in [0.29, 0.717) is 12.0 Å². The van der Waals surface area contributed by atoms with Crippen LogP contribution in [-0.4, -0.2) is 21.9 Å². The van der Waals surface area contributed by atoms with Crippen molar-refractivity contribution in [1.29, 1.82) is 0 Å². The van der Waals surface area contributed by atoms with Crippen molar-refractivity contribution in [2.45, 2.75) is 25.9 Å². The van der Waals surface area contributed by atoms with E-state index in [4.69, 9.17) is 0 Å². The van der Waals surface area contributed by atoms with Crippen molar-refractivity contribution in [3.63, 3.8) is 0 Å². The number of carbonyl (C=O) groups excluding carboxylic acids is 1. The van der Waals surface area contributed by atoms with Gasteiger partial charge in [0.15, 0.2) is 5.78 Å². The second kappa shape index (κ2) is 5.37. The Balaban J connectivity index is 2.74. The predicted octanol–water partition coefficient (Wildman–Crippen LogP) is 1.94. The number of benzene rings is 1. The van der Waals surface area contributed by atoms with Crippen molar-refractivity contribution in [2.75, 3.05) is 0 Å². The van der Waals surface area contributed by atoms with Crippen LogP contribution in [0, 0.1) is 10.1 Å². The molecule has 1 unspecified atom stereocenters. The number of ketones is 1. The molecule has 0 radical (unpaired) electrons. The number of nitro benzene ring substituents is 1. The molecular formula is C11H13NO4. The molecule has 1 rings (SSSR count). The van der Waals surface area contributed by atoms with Gasteiger partial charge in [0, 0.05) is 24.1 Å². The quantitative estimate of drug-likeness (QED) is 0.470. The van der Waals surface area contributed by atoms with E-state index >= 15 is 0 Å². The number of rotatable bonds is 5. The molecule has 0 saturated carbocycles. The predicted molar refractivity (Wildman–Crippen MR) is 58.3 cm³/mol. The van der Waals surface area contributed by atoms with E-state index in [0.717, 1.165) is 0 Å². The Morgan fingerprint density at radius 3 is 2.44 bits per heavy atom. The highest BCUT2D eigenvalue weighted by Crippen LogP contribution is 2.14. The minimum atomic E-state index is -0.650. The van der Waals surface area contributed by atoms with Crippen LogP contribution in [0.25, 0.3) is 0 Å². The van der Waals surface area contributed by atoms with Crippen molar-refractivity contribution in [3.05, 3.63) is 39.9 Å². The van der Waals surface area contributed by atoms with Crippen LogP contribution in [0.5, 0.6) is 0 Å². The molecular weight excluding hydrogens is 210 g/mol. The maximum Gasteiger partial charge on any atom is 0.269 e. The first-order valence-corrected chi connectivity index (χ1v) is 5.00. The third kappa shape index (κ3) is 3.13. The molecule has 0 aromatic heterocycles. The van der Waals surface area contributed by atoms with Crippen molar-refractivity contribution >= 4 is 11.5 Å². The first kappa shape index (κ1) is 12.3. The summed E-state index contributed by atoms with van der Waals surface area (Å²) < 4.78 is 0. The molecule has 1 aromatic carbocycles. The van der Waals surface area contributed by atoms with Gasteiger partial charge in [-0.25, -0.2) is 0 Å². The van der Waals surface area contributed by atoms with Crippen molar-refractivity contribution in [3.8, 4) is 0 Å². The average molecular weight is 223 g/mol. The summed E-state index contributed by atoms with van der Waals surface area (Å²) in [6.07, 6.45) is -0.0878. The van der Waals surface area contributed by atoms with Gasteiger partial charge in [0.2, 0.25) is 0 Å². The fourth-order valence-electron chi connectivity index (χ4n) is 1.25. The number of hydrogen-bond donors (Lipinski definition) is 1. The Morgan fingerprint density at radius 2 is 2.00 bits per heavy atom. The standard InChI is InChI=1S/C11H13NO4/c1-2-10(13)7-11(14)8-3-5-9(6-4-8)12(15)16/h3-6,10,13H,2,7H2,1H3. The summed E-state index contributed by atoms with van der Waals surface area (Å²) in [5, 5.41) is 19.7. The van der Waals surface area contributed by atoms with Crippen LogP contribution in [0.4, 0.5) is 5.69 Å². The van der Waals surface area contributed by atoms with Crippen LogP contribution in [0.15, 0.2) is 24.3 Å². The first-order chi connectivity index (χ1) is 7.54. The van der Waals surface area contributed by atoms with Crippen LogP contribution in [-0.2, 0) is 0 Å². The van der Waals surface area contributed by atoms with Crippen LogP contribution < -0.4 is 0 Å². The zero-order valence-corrected chi connectivity index (χ0v) is 8.92. The molecule has 16 heavy (non-hydrogen) atoms. The highest BCUT2D eigenvalue weighted by atomic mass is 16.6. The molecule has 0 fully saturated rings. The molecule has 0 saturated heterocycles. The third-order valence-corrected chi connectivity index (χ3v) is 2.29. The van der Waals surface area contributed by atoms with Gasteiger partial charge in [-0.15, -0.1) is 0 Å². The number of nitro groups is 1. The number of carbonyl (C=O) groups is 1. The molecule has 1 N–H and O–H groups in total. The van der Waals surface area contributed by atoms with Crippen LogP contribution in [0.1, 0.15) is 30.1 Å². The van der Waals surface area contributed by atoms with Gasteiger partial charge in [-0.2, -0.15) is 0 Å². The van der Waals surface area contributed by atoms with Crippen LogP contribution in [0.3, 0.4) is 0 Å². The van der Waals surface area contributed by atoms with Crippen LogP contribution >= 0.6 is 0 Å². The smallest absolute Gasteiger partial charge is 0.269 e. The number of hydrogen-bond acceptors (Lipinski definition) is 4. The monoisotopic (exact) mass is 223 g/mol. The fourth-order valence-corrected chi connectivity index (χ4v) is 1.25. The summed E-state index contributed by atoms with van der Waals surface area (Å²) in [6, 6.07) is 5.38. The van der Waals surface area contributed by atoms with E-state index in [1.165, 1.54) is 24.3 Å². The average Bonchev–Trinajstić information content (AvgIpc) is 2.28. The second-order valence-corrected chi connectivity index (χ2v) is 3.49. The van der Waals surface area contributed by atoms with Crippen molar-refractivity contribution in [1.82, 2.24) is 0 Å². The van der Waals surface area contributed by atoms with E-state index < -0.39 is 11.0 Å². The molecule has 0 bridgehead atoms. The minimum Gasteiger partial charge on any atom is -0.393 e. The molecule has 0 aliphatic heterocycles. The molecule has 5 heteroatoms. The van der Waals surface area contributed by atoms with Crippen molar-refractivity contribution < 1.29 is 14.8 Å². The summed E-state index contributed by atoms with van der Waals surface area (Å²) in [5.41, 5.74) is 0.339. The maximum atomic E-state index is 11.6. The number of non-ortho nitro benzene ring substituents is 1. The number of aliphatic hydroxyl groups excluding tert-OH is 1. The summed E-state index contributed by atoms with van der Waals surface area (Å²) >= 11 is 0. The second-order valence-electron chi connectivity index (χ2n) is 3.49. The minimum absolute atomic E-state index is 0.0485. The summed E-state index contributed by atoms with van der Waals surface area (Å²) in [4.78, 5) is 21.4. The van der Waals surface area contributed by atoms with E-state index in [-0.39, 0.29) is 17.9 Å². The molecule has 86 valence electrons. The lowest BCUT2D eigenvalue weighted by Crippen LogP contribution is -2.12. The normalized spacial score (nSPS) is 12.1. The topological polar surface area (TPSA) is 80.4 Å². The number of aliphatic hydroxyl groups is 1. The third-order valence-electron chi connectivity index (χ3n) is 2.29. The molecule has 0 aliphatic carbocycles. The lowest BCUT2D eigenvalue weighted by atomic mass is 10.0. The maximum absolute atomic E-state index is 11.6. The Bertz CT molecular complexity index is 385. The highest BCUT2D eigenvalue weighted by molar-refractivity contribution is 5.96. The largest absolute Gasteiger partial charge is 0.393 e. The van der Waals surface area contributed by atoms with Gasteiger partial charge in [0.1, 0.15) is 0 Å². The summed E-state index contributed by atoms with van der Waals surface area (Å²) in [5.74, 6) is -0.204. The lowest BCUT2D eigenvalue weighted by molar-refractivity contribution is -0.384. The van der Waals surface area contributed by atoms with Crippen LogP contribution in [0.2, 0.25) is 0 Å². The SMILES string of the molecule is CCC(O)CC(=O)c1ccc([N+](=O)[O-])cc1. The zero-order valence-electron chi connectivity index (χ0n) is 8.92. The molecule has 1 atom stereocenters. The van der Waals surface area contributed by atoms with Gasteiger partial charge >= 0.3 is 0 Å². The van der Waals surface area contributed by atoms with E-state index in [1.807, 2.05) is 0 Å². The van der Waals surface area contributed by atoms with Gasteiger partial charge < -0.3 is 5.11 Å². The molecule has 5 nitrogen and oxygen atoms in total. The van der Waals surface area contributed by atoms with Gasteiger partial charge in [0.05, 0.1) is 11.0 Å².